The van der Waals surface area contributed by atoms with Gasteiger partial charge in [-0.3, -0.25) is 4.79 Å². The first-order valence-corrected chi connectivity index (χ1v) is 3.35. The van der Waals surface area contributed by atoms with Crippen LogP contribution in [0.3, 0.4) is 0 Å². The van der Waals surface area contributed by atoms with Gasteiger partial charge in [-0.15, -0.1) is 0 Å². The van der Waals surface area contributed by atoms with Crippen molar-refractivity contribution in [2.45, 2.75) is 13.3 Å². The Balaban J connectivity index is 2.83. The van der Waals surface area contributed by atoms with E-state index in [9.17, 15) is 4.79 Å². The molecule has 0 unspecified atom stereocenters. The lowest BCUT2D eigenvalue weighted by Crippen LogP contribution is -1.91. The molecule has 0 heterocycles. The van der Waals surface area contributed by atoms with E-state index in [1.165, 1.54) is 0 Å². The van der Waals surface area contributed by atoms with Gasteiger partial charge in [0.25, 0.3) is 0 Å². The van der Waals surface area contributed by atoms with Crippen LogP contribution < -0.4 is 0 Å². The van der Waals surface area contributed by atoms with Crippen molar-refractivity contribution in [3.8, 4) is 0 Å². The Morgan fingerprint density at radius 1 is 1.50 bits per heavy atom. The van der Waals surface area contributed by atoms with Gasteiger partial charge in [-0.25, -0.2) is 0 Å². The highest BCUT2D eigenvalue weighted by Gasteiger charge is 1.97. The van der Waals surface area contributed by atoms with E-state index in [2.05, 4.69) is 0 Å². The minimum absolute atomic E-state index is 0.128. The summed E-state index contributed by atoms with van der Waals surface area (Å²) in [5, 5.41) is 0. The second-order valence-electron chi connectivity index (χ2n) is 2.24. The Morgan fingerprint density at radius 2 is 2.30 bits per heavy atom. The predicted octanol–water partition coefficient (Wildman–Crippen LogP) is 2.02. The van der Waals surface area contributed by atoms with E-state index < -0.39 is 0 Å². The highest BCUT2D eigenvalue weighted by Crippen LogP contribution is 2.04. The van der Waals surface area contributed by atoms with Gasteiger partial charge >= 0.3 is 0 Å². The van der Waals surface area contributed by atoms with Crippen LogP contribution in [-0.2, 0) is 4.79 Å². The molecular formula is C9H10O. The van der Waals surface area contributed by atoms with Crippen LogP contribution in [0.4, 0.5) is 0 Å². The summed E-state index contributed by atoms with van der Waals surface area (Å²) in [5.41, 5.74) is 0.786. The zero-order chi connectivity index (χ0) is 7.40. The van der Waals surface area contributed by atoms with Crippen LogP contribution in [0.5, 0.6) is 0 Å². The van der Waals surface area contributed by atoms with Crippen LogP contribution in [0.15, 0.2) is 36.0 Å². The maximum absolute atomic E-state index is 10.8. The topological polar surface area (TPSA) is 17.1 Å². The third kappa shape index (κ3) is 1.69. The maximum atomic E-state index is 10.8. The molecule has 10 heavy (non-hydrogen) atoms. The molecule has 0 saturated heterocycles. The van der Waals surface area contributed by atoms with Gasteiger partial charge in [0.2, 0.25) is 0 Å². The Labute approximate surface area is 60.7 Å². The van der Waals surface area contributed by atoms with E-state index in [1.807, 2.05) is 30.4 Å². The largest absolute Gasteiger partial charge is 0.295 e. The van der Waals surface area contributed by atoms with Crippen LogP contribution in [0.2, 0.25) is 0 Å². The third-order valence-corrected chi connectivity index (χ3v) is 1.39. The molecule has 52 valence electrons. The summed E-state index contributed by atoms with van der Waals surface area (Å²) in [5.74, 6) is 0.128. The van der Waals surface area contributed by atoms with E-state index in [1.54, 1.807) is 6.92 Å². The monoisotopic (exact) mass is 134 g/mol. The lowest BCUT2D eigenvalue weighted by Gasteiger charge is -1.89. The number of hydrogen-bond donors (Lipinski definition) is 0. The number of Topliss-reactive ketones (excluding diaryl/α,β-unsaturated/α-hetero) is 1. The molecule has 1 aliphatic rings. The summed E-state index contributed by atoms with van der Waals surface area (Å²) in [7, 11) is 0. The zero-order valence-electron chi connectivity index (χ0n) is 6.00. The van der Waals surface area contributed by atoms with Gasteiger partial charge in [0, 0.05) is 5.57 Å². The first-order chi connectivity index (χ1) is 4.80. The summed E-state index contributed by atoms with van der Waals surface area (Å²) in [4.78, 5) is 10.8. The van der Waals surface area contributed by atoms with Crippen molar-refractivity contribution >= 4 is 5.78 Å². The van der Waals surface area contributed by atoms with E-state index >= 15 is 0 Å². The Morgan fingerprint density at radius 3 is 3.00 bits per heavy atom. The second-order valence-corrected chi connectivity index (χ2v) is 2.24. The molecule has 0 aromatic heterocycles. The maximum Gasteiger partial charge on any atom is 0.159 e. The molecule has 0 atom stereocenters. The molecule has 0 saturated carbocycles. The summed E-state index contributed by atoms with van der Waals surface area (Å²) in [6.07, 6.45) is 10.5. The first-order valence-electron chi connectivity index (χ1n) is 3.35. The highest BCUT2D eigenvalue weighted by atomic mass is 16.1. The molecule has 1 aliphatic carbocycles. The minimum atomic E-state index is 0.128. The fourth-order valence-corrected chi connectivity index (χ4v) is 0.814. The van der Waals surface area contributed by atoms with Gasteiger partial charge in [-0.05, 0) is 13.3 Å². The van der Waals surface area contributed by atoms with E-state index in [4.69, 9.17) is 0 Å². The molecule has 1 rings (SSSR count). The molecule has 0 amide bonds. The summed E-state index contributed by atoms with van der Waals surface area (Å²) < 4.78 is 0. The lowest BCUT2D eigenvalue weighted by molar-refractivity contribution is -0.113. The number of allylic oxidation sites excluding steroid dienone is 6. The summed E-state index contributed by atoms with van der Waals surface area (Å²) in [6.45, 7) is 1.58. The van der Waals surface area contributed by atoms with Gasteiger partial charge in [-0.2, -0.15) is 0 Å². The third-order valence-electron chi connectivity index (χ3n) is 1.39. The fraction of sp³-hybridized carbons (Fsp3) is 0.222. The Kier molecular flexibility index (Phi) is 2.21. The van der Waals surface area contributed by atoms with Crippen molar-refractivity contribution in [3.05, 3.63) is 36.0 Å². The molecule has 0 aliphatic heterocycles. The first kappa shape index (κ1) is 7.00. The molecule has 1 nitrogen and oxygen atoms in total. The molecule has 0 fully saturated rings. The minimum Gasteiger partial charge on any atom is -0.295 e. The van der Waals surface area contributed by atoms with Crippen molar-refractivity contribution in [2.75, 3.05) is 0 Å². The van der Waals surface area contributed by atoms with Gasteiger partial charge in [0.15, 0.2) is 5.78 Å². The van der Waals surface area contributed by atoms with Crippen molar-refractivity contribution < 1.29 is 4.79 Å². The predicted molar refractivity (Wildman–Crippen MR) is 41.7 cm³/mol. The molecular weight excluding hydrogens is 124 g/mol. The van der Waals surface area contributed by atoms with Crippen molar-refractivity contribution in [1.82, 2.24) is 0 Å². The number of carbonyl (C=O) groups is 1. The van der Waals surface area contributed by atoms with Crippen LogP contribution in [0.1, 0.15) is 13.3 Å². The molecule has 0 radical (unpaired) electrons. The van der Waals surface area contributed by atoms with Crippen molar-refractivity contribution in [2.24, 2.45) is 0 Å². The smallest absolute Gasteiger partial charge is 0.159 e. The normalized spacial score (nSPS) is 16.3. The molecule has 1 heteroatoms. The van der Waals surface area contributed by atoms with E-state index in [0.717, 1.165) is 12.0 Å². The Bertz CT molecular complexity index is 219. The van der Waals surface area contributed by atoms with Crippen LogP contribution >= 0.6 is 0 Å². The van der Waals surface area contributed by atoms with Gasteiger partial charge < -0.3 is 0 Å². The molecule has 0 aromatic rings. The molecule has 0 aromatic carbocycles. The van der Waals surface area contributed by atoms with Gasteiger partial charge in [0.1, 0.15) is 0 Å². The standard InChI is InChI=1S/C9H10O/c1-8(10)9-6-4-2-3-5-7-9/h2,4-7H,3H2,1H3. The summed E-state index contributed by atoms with van der Waals surface area (Å²) in [6, 6.07) is 0. The number of hydrogen-bond acceptors (Lipinski definition) is 1. The Hall–Kier alpha value is -1.11. The second kappa shape index (κ2) is 3.16. The van der Waals surface area contributed by atoms with Gasteiger partial charge in [0.05, 0.1) is 0 Å². The quantitative estimate of drug-likeness (QED) is 0.536. The summed E-state index contributed by atoms with van der Waals surface area (Å²) >= 11 is 0. The number of rotatable bonds is 1. The average Bonchev–Trinajstić information content (AvgIpc) is 2.12. The van der Waals surface area contributed by atoms with Crippen LogP contribution in [0, 0.1) is 0 Å². The van der Waals surface area contributed by atoms with Crippen molar-refractivity contribution in [1.29, 1.82) is 0 Å². The van der Waals surface area contributed by atoms with Crippen LogP contribution in [-0.4, -0.2) is 5.78 Å². The molecule has 0 N–H and O–H groups in total. The molecule has 0 bridgehead atoms. The van der Waals surface area contributed by atoms with Crippen molar-refractivity contribution in [3.63, 3.8) is 0 Å². The highest BCUT2D eigenvalue weighted by molar-refractivity contribution is 5.96. The number of carbonyl (C=O) groups excluding carboxylic acids is 1. The van der Waals surface area contributed by atoms with Crippen LogP contribution in [0.25, 0.3) is 0 Å². The number of ketones is 1. The molecule has 0 spiro atoms. The lowest BCUT2D eigenvalue weighted by atomic mass is 10.2. The van der Waals surface area contributed by atoms with E-state index in [-0.39, 0.29) is 5.78 Å². The SMILES string of the molecule is CC(=O)C1=CC=CCC=C1. The van der Waals surface area contributed by atoms with E-state index in [0.29, 0.717) is 0 Å². The average molecular weight is 134 g/mol. The zero-order valence-corrected chi connectivity index (χ0v) is 6.00. The fourth-order valence-electron chi connectivity index (χ4n) is 0.814. The van der Waals surface area contributed by atoms with Gasteiger partial charge in [-0.1, -0.05) is 30.4 Å².